The topological polar surface area (TPSA) is 0 Å². The van der Waals surface area contributed by atoms with E-state index in [0.717, 1.165) is 20.5 Å². The first-order valence-electron chi connectivity index (χ1n) is 5.37. The predicted molar refractivity (Wildman–Crippen MR) is 68.8 cm³/mol. The van der Waals surface area contributed by atoms with Crippen molar-refractivity contribution in [2.24, 2.45) is 0 Å². The summed E-state index contributed by atoms with van der Waals surface area (Å²) in [6.45, 7) is 13.3. The van der Waals surface area contributed by atoms with Crippen LogP contribution in [0.3, 0.4) is 0 Å². The molecule has 0 rings (SSSR count). The molecular formula is C11H22BrClN+. The van der Waals surface area contributed by atoms with Gasteiger partial charge >= 0.3 is 0 Å². The smallest absolute Gasteiger partial charge is 0.112 e. The van der Waals surface area contributed by atoms with Crippen LogP contribution < -0.4 is 0 Å². The molecule has 0 N–H and O–H groups in total. The van der Waals surface area contributed by atoms with Crippen LogP contribution in [-0.4, -0.2) is 30.7 Å². The second-order valence-corrected chi connectivity index (χ2v) is 5.32. The zero-order chi connectivity index (χ0) is 11.2. The van der Waals surface area contributed by atoms with Crippen LogP contribution in [0.1, 0.15) is 34.1 Å². The first-order chi connectivity index (χ1) is 6.51. The highest BCUT2D eigenvalue weighted by Crippen LogP contribution is 2.21. The molecule has 0 amide bonds. The first-order valence-corrected chi connectivity index (χ1v) is 6.54. The molecule has 0 saturated carbocycles. The van der Waals surface area contributed by atoms with Crippen LogP contribution in [0.5, 0.6) is 0 Å². The molecule has 0 saturated heterocycles. The maximum absolute atomic E-state index is 5.97. The molecule has 84 valence electrons. The van der Waals surface area contributed by atoms with Gasteiger partial charge in [0.2, 0.25) is 0 Å². The number of likely N-dealkylation sites (N-methyl/N-ethyl adjacent to an activating group) is 1. The minimum atomic E-state index is 0.880. The highest BCUT2D eigenvalue weighted by molar-refractivity contribution is 9.11. The molecule has 0 fully saturated rings. The third-order valence-corrected chi connectivity index (χ3v) is 4.19. The standard InChI is InChI=1S/C11H22BrClN/c1-5-8-14(6-2,7-3)9-11(12)10(4)13/h5-9H2,1-4H3/q+1/b11-10+. The van der Waals surface area contributed by atoms with E-state index >= 15 is 0 Å². The molecule has 0 atom stereocenters. The fourth-order valence-electron chi connectivity index (χ4n) is 1.72. The van der Waals surface area contributed by atoms with E-state index in [2.05, 4.69) is 36.7 Å². The van der Waals surface area contributed by atoms with Crippen LogP contribution in [0.25, 0.3) is 0 Å². The SMILES string of the molecule is CCC[N+](CC)(CC)C/C(Br)=C(/C)Cl. The lowest BCUT2D eigenvalue weighted by Gasteiger charge is -2.36. The lowest BCUT2D eigenvalue weighted by atomic mass is 10.3. The second-order valence-electron chi connectivity index (χ2n) is 3.79. The summed E-state index contributed by atoms with van der Waals surface area (Å²) in [5, 5.41) is 0.880. The number of quaternary nitrogens is 1. The fourth-order valence-corrected chi connectivity index (χ4v) is 2.31. The molecule has 0 unspecified atom stereocenters. The molecule has 0 aliphatic heterocycles. The van der Waals surface area contributed by atoms with Crippen LogP contribution in [0.2, 0.25) is 0 Å². The molecule has 1 nitrogen and oxygen atoms in total. The van der Waals surface area contributed by atoms with E-state index in [1.54, 1.807) is 0 Å². The van der Waals surface area contributed by atoms with Crippen molar-refractivity contribution in [1.82, 2.24) is 0 Å². The molecule has 0 radical (unpaired) electrons. The Balaban J connectivity index is 4.58. The van der Waals surface area contributed by atoms with Gasteiger partial charge in [0.25, 0.3) is 0 Å². The van der Waals surface area contributed by atoms with Gasteiger partial charge in [-0.1, -0.05) is 18.5 Å². The number of rotatable bonds is 6. The molecule has 0 aromatic carbocycles. The Morgan fingerprint density at radius 3 is 2.00 bits per heavy atom. The van der Waals surface area contributed by atoms with E-state index < -0.39 is 0 Å². The molecule has 0 aromatic rings. The Bertz CT molecular complexity index is 193. The Hall–Kier alpha value is 0.470. The number of nitrogens with zero attached hydrogens (tertiary/aromatic N) is 1. The van der Waals surface area contributed by atoms with E-state index in [1.807, 2.05) is 6.92 Å². The summed E-state index contributed by atoms with van der Waals surface area (Å²) in [6, 6.07) is 0. The van der Waals surface area contributed by atoms with Crippen molar-refractivity contribution >= 4 is 27.5 Å². The molecule has 3 heteroatoms. The van der Waals surface area contributed by atoms with Gasteiger partial charge in [-0.15, -0.1) is 0 Å². The minimum Gasteiger partial charge on any atom is -0.320 e. The van der Waals surface area contributed by atoms with Crippen LogP contribution in [-0.2, 0) is 0 Å². The summed E-state index contributed by atoms with van der Waals surface area (Å²) < 4.78 is 2.28. The first kappa shape index (κ1) is 14.5. The quantitative estimate of drug-likeness (QED) is 0.643. The lowest BCUT2D eigenvalue weighted by Crippen LogP contribution is -2.49. The molecule has 0 aliphatic rings. The summed E-state index contributed by atoms with van der Waals surface area (Å²) in [4.78, 5) is 0. The van der Waals surface area contributed by atoms with E-state index in [4.69, 9.17) is 11.6 Å². The lowest BCUT2D eigenvalue weighted by molar-refractivity contribution is -0.919. The van der Waals surface area contributed by atoms with Gasteiger partial charge in [-0.3, -0.25) is 0 Å². The van der Waals surface area contributed by atoms with Gasteiger partial charge in [0.05, 0.1) is 24.1 Å². The predicted octanol–water partition coefficient (Wildman–Crippen LogP) is 4.12. The Labute approximate surface area is 102 Å². The average molecular weight is 284 g/mol. The normalized spacial score (nSPS) is 14.1. The molecule has 0 bridgehead atoms. The number of hydrogen-bond acceptors (Lipinski definition) is 0. The number of allylic oxidation sites excluding steroid dienone is 1. The zero-order valence-corrected chi connectivity index (χ0v) is 12.1. The van der Waals surface area contributed by atoms with Gasteiger partial charge in [-0.2, -0.15) is 0 Å². The van der Waals surface area contributed by atoms with Gasteiger partial charge in [0, 0.05) is 5.03 Å². The van der Waals surface area contributed by atoms with Gasteiger partial charge in [-0.25, -0.2) is 0 Å². The molecule has 0 aliphatic carbocycles. The maximum atomic E-state index is 5.97. The summed E-state index contributed by atoms with van der Waals surface area (Å²) >= 11 is 9.53. The van der Waals surface area contributed by atoms with Gasteiger partial charge in [0.1, 0.15) is 6.54 Å². The van der Waals surface area contributed by atoms with Crippen LogP contribution in [0.15, 0.2) is 9.51 Å². The van der Waals surface area contributed by atoms with E-state index in [9.17, 15) is 0 Å². The summed E-state index contributed by atoms with van der Waals surface area (Å²) in [6.07, 6.45) is 1.23. The molecule has 0 heterocycles. The zero-order valence-electron chi connectivity index (χ0n) is 9.74. The third-order valence-electron chi connectivity index (χ3n) is 2.89. The van der Waals surface area contributed by atoms with Crippen molar-refractivity contribution in [1.29, 1.82) is 0 Å². The van der Waals surface area contributed by atoms with Crippen LogP contribution >= 0.6 is 27.5 Å². The van der Waals surface area contributed by atoms with Crippen molar-refractivity contribution < 1.29 is 4.48 Å². The third kappa shape index (κ3) is 4.33. The van der Waals surface area contributed by atoms with Crippen molar-refractivity contribution in [2.75, 3.05) is 26.2 Å². The van der Waals surface area contributed by atoms with Crippen molar-refractivity contribution in [3.8, 4) is 0 Å². The van der Waals surface area contributed by atoms with Gasteiger partial charge in [0.15, 0.2) is 0 Å². The Morgan fingerprint density at radius 1 is 1.21 bits per heavy atom. The highest BCUT2D eigenvalue weighted by Gasteiger charge is 2.23. The van der Waals surface area contributed by atoms with Crippen molar-refractivity contribution in [3.63, 3.8) is 0 Å². The highest BCUT2D eigenvalue weighted by atomic mass is 79.9. The Morgan fingerprint density at radius 2 is 1.71 bits per heavy atom. The Kier molecular flexibility index (Phi) is 7.09. The molecule has 14 heavy (non-hydrogen) atoms. The van der Waals surface area contributed by atoms with Crippen molar-refractivity contribution in [3.05, 3.63) is 9.51 Å². The molecular weight excluding hydrogens is 261 g/mol. The van der Waals surface area contributed by atoms with Crippen LogP contribution in [0, 0.1) is 0 Å². The van der Waals surface area contributed by atoms with Gasteiger partial charge < -0.3 is 4.48 Å². The maximum Gasteiger partial charge on any atom is 0.112 e. The summed E-state index contributed by atoms with van der Waals surface area (Å²) in [5.41, 5.74) is 0. The largest absolute Gasteiger partial charge is 0.320 e. The second kappa shape index (κ2) is 6.86. The minimum absolute atomic E-state index is 0.880. The van der Waals surface area contributed by atoms with E-state index in [1.165, 1.54) is 26.1 Å². The van der Waals surface area contributed by atoms with Crippen LogP contribution in [0.4, 0.5) is 0 Å². The fraction of sp³-hybridized carbons (Fsp3) is 0.818. The van der Waals surface area contributed by atoms with E-state index in [-0.39, 0.29) is 0 Å². The molecule has 0 spiro atoms. The van der Waals surface area contributed by atoms with Gasteiger partial charge in [-0.05, 0) is 43.1 Å². The monoisotopic (exact) mass is 282 g/mol. The van der Waals surface area contributed by atoms with Crippen molar-refractivity contribution in [2.45, 2.75) is 34.1 Å². The summed E-state index contributed by atoms with van der Waals surface area (Å²) in [5.74, 6) is 0. The number of halogens is 2. The average Bonchev–Trinajstić information content (AvgIpc) is 2.16. The summed E-state index contributed by atoms with van der Waals surface area (Å²) in [7, 11) is 0. The molecule has 0 aromatic heterocycles. The van der Waals surface area contributed by atoms with E-state index in [0.29, 0.717) is 0 Å². The number of hydrogen-bond donors (Lipinski definition) is 0.